The third-order valence-corrected chi connectivity index (χ3v) is 5.32. The van der Waals surface area contributed by atoms with Gasteiger partial charge < -0.3 is 15.5 Å². The number of hydrogen-bond donors (Lipinski definition) is 2. The van der Waals surface area contributed by atoms with E-state index in [1.54, 1.807) is 12.1 Å². The predicted molar refractivity (Wildman–Crippen MR) is 95.1 cm³/mol. The van der Waals surface area contributed by atoms with E-state index in [1.807, 2.05) is 13.0 Å². The number of furan rings is 1. The quantitative estimate of drug-likeness (QED) is 0.832. The molecule has 3 rings (SSSR count). The highest BCUT2D eigenvalue weighted by Gasteiger charge is 2.26. The monoisotopic (exact) mass is 344 g/mol. The largest absolute Gasteiger partial charge is 0.462 e. The first-order chi connectivity index (χ1) is 11.4. The van der Waals surface area contributed by atoms with Crippen LogP contribution in [0.3, 0.4) is 0 Å². The van der Waals surface area contributed by atoms with E-state index in [-0.39, 0.29) is 5.91 Å². The van der Waals surface area contributed by atoms with Gasteiger partial charge in [-0.3, -0.25) is 9.59 Å². The van der Waals surface area contributed by atoms with Crippen LogP contribution in [0.4, 0.5) is 5.00 Å². The molecular formula is C18H20N2O3S. The summed E-state index contributed by atoms with van der Waals surface area (Å²) in [6.07, 6.45) is 5.79. The number of amides is 2. The van der Waals surface area contributed by atoms with Gasteiger partial charge in [-0.25, -0.2) is 0 Å². The van der Waals surface area contributed by atoms with Crippen LogP contribution in [0.2, 0.25) is 0 Å². The zero-order chi connectivity index (χ0) is 17.3. The van der Waals surface area contributed by atoms with Crippen LogP contribution >= 0.6 is 11.3 Å². The van der Waals surface area contributed by atoms with Crippen molar-refractivity contribution < 1.29 is 14.0 Å². The molecule has 0 spiro atoms. The number of hydrogen-bond acceptors (Lipinski definition) is 4. The van der Waals surface area contributed by atoms with Gasteiger partial charge in [0.05, 0.1) is 5.56 Å². The summed E-state index contributed by atoms with van der Waals surface area (Å²) < 4.78 is 5.39. The maximum Gasteiger partial charge on any atom is 0.251 e. The minimum atomic E-state index is -0.483. The normalized spacial score (nSPS) is 17.0. The van der Waals surface area contributed by atoms with Gasteiger partial charge in [0, 0.05) is 11.0 Å². The SMILES string of the molecule is Cc1ccc(/C=C\C(=O)Nc2sc3c(c2C(N)=O)CC[C@@H](C)C3)o1. The number of aryl methyl sites for hydroxylation is 1. The van der Waals surface area contributed by atoms with Crippen LogP contribution in [0.1, 0.15) is 45.7 Å². The van der Waals surface area contributed by atoms with Crippen LogP contribution < -0.4 is 11.1 Å². The first-order valence-electron chi connectivity index (χ1n) is 7.94. The van der Waals surface area contributed by atoms with Gasteiger partial charge in [-0.05, 0) is 55.9 Å². The minimum absolute atomic E-state index is 0.307. The molecule has 0 radical (unpaired) electrons. The first kappa shape index (κ1) is 16.5. The summed E-state index contributed by atoms with van der Waals surface area (Å²) in [7, 11) is 0. The van der Waals surface area contributed by atoms with E-state index < -0.39 is 5.91 Å². The van der Waals surface area contributed by atoms with Crippen molar-refractivity contribution in [3.05, 3.63) is 45.7 Å². The molecule has 2 amide bonds. The van der Waals surface area contributed by atoms with Crippen LogP contribution in [0.5, 0.6) is 0 Å². The van der Waals surface area contributed by atoms with Crippen molar-refractivity contribution in [1.82, 2.24) is 0 Å². The average molecular weight is 344 g/mol. The molecule has 0 saturated carbocycles. The van der Waals surface area contributed by atoms with Crippen molar-refractivity contribution >= 4 is 34.2 Å². The molecule has 0 unspecified atom stereocenters. The van der Waals surface area contributed by atoms with Crippen LogP contribution in [-0.4, -0.2) is 11.8 Å². The summed E-state index contributed by atoms with van der Waals surface area (Å²) in [4.78, 5) is 25.2. The molecule has 2 aromatic heterocycles. The molecule has 1 atom stereocenters. The first-order valence-corrected chi connectivity index (χ1v) is 8.75. The maximum atomic E-state index is 12.2. The van der Waals surface area contributed by atoms with Crippen LogP contribution in [0, 0.1) is 12.8 Å². The summed E-state index contributed by atoms with van der Waals surface area (Å²) in [6.45, 7) is 4.03. The summed E-state index contributed by atoms with van der Waals surface area (Å²) >= 11 is 1.46. The number of thiophene rings is 1. The molecule has 0 fully saturated rings. The average Bonchev–Trinajstić information content (AvgIpc) is 3.07. The van der Waals surface area contributed by atoms with Gasteiger partial charge in [-0.2, -0.15) is 0 Å². The highest BCUT2D eigenvalue weighted by molar-refractivity contribution is 7.17. The zero-order valence-corrected chi connectivity index (χ0v) is 14.5. The van der Waals surface area contributed by atoms with Gasteiger partial charge in [0.2, 0.25) is 5.91 Å². The molecule has 3 N–H and O–H groups in total. The van der Waals surface area contributed by atoms with Gasteiger partial charge in [0.1, 0.15) is 16.5 Å². The molecule has 1 aliphatic carbocycles. The number of nitrogens with one attached hydrogen (secondary N) is 1. The van der Waals surface area contributed by atoms with E-state index in [0.717, 1.165) is 35.5 Å². The second-order valence-electron chi connectivity index (χ2n) is 6.19. The lowest BCUT2D eigenvalue weighted by Crippen LogP contribution is -2.18. The fourth-order valence-corrected chi connectivity index (χ4v) is 4.37. The van der Waals surface area contributed by atoms with Crippen molar-refractivity contribution in [2.75, 3.05) is 5.32 Å². The Morgan fingerprint density at radius 2 is 2.21 bits per heavy atom. The highest BCUT2D eigenvalue weighted by Crippen LogP contribution is 2.39. The molecule has 1 aliphatic rings. The molecule has 5 nitrogen and oxygen atoms in total. The molecular weight excluding hydrogens is 324 g/mol. The van der Waals surface area contributed by atoms with E-state index in [1.165, 1.54) is 17.4 Å². The van der Waals surface area contributed by atoms with Crippen LogP contribution in [0.25, 0.3) is 6.08 Å². The molecule has 2 aromatic rings. The Morgan fingerprint density at radius 3 is 2.88 bits per heavy atom. The lowest BCUT2D eigenvalue weighted by molar-refractivity contribution is -0.111. The van der Waals surface area contributed by atoms with E-state index in [2.05, 4.69) is 12.2 Å². The number of primary amides is 1. The zero-order valence-electron chi connectivity index (χ0n) is 13.7. The Kier molecular flexibility index (Phi) is 4.57. The van der Waals surface area contributed by atoms with Crippen molar-refractivity contribution in [2.45, 2.75) is 33.1 Å². The van der Waals surface area contributed by atoms with Gasteiger partial charge in [0.25, 0.3) is 5.91 Å². The van der Waals surface area contributed by atoms with Crippen molar-refractivity contribution in [2.24, 2.45) is 11.7 Å². The van der Waals surface area contributed by atoms with E-state index in [0.29, 0.717) is 22.2 Å². The van der Waals surface area contributed by atoms with Crippen molar-refractivity contribution in [1.29, 1.82) is 0 Å². The van der Waals surface area contributed by atoms with Crippen LogP contribution in [-0.2, 0) is 17.6 Å². The van der Waals surface area contributed by atoms with Crippen molar-refractivity contribution in [3.63, 3.8) is 0 Å². The summed E-state index contributed by atoms with van der Waals surface area (Å²) in [6, 6.07) is 3.62. The molecule has 126 valence electrons. The standard InChI is InChI=1S/C18H20N2O3S/c1-10-3-7-13-14(9-10)24-18(16(13)17(19)22)20-15(21)8-6-12-5-4-11(2)23-12/h4-6,8,10H,3,7,9H2,1-2H3,(H2,19,22)(H,20,21)/b8-6-/t10-/m1/s1. The molecule has 0 aliphatic heterocycles. The number of fused-ring (bicyclic) bond motifs is 1. The second kappa shape index (κ2) is 6.65. The molecule has 6 heteroatoms. The fraction of sp³-hybridized carbons (Fsp3) is 0.333. The fourth-order valence-electron chi connectivity index (χ4n) is 2.95. The Balaban J connectivity index is 1.80. The second-order valence-corrected chi connectivity index (χ2v) is 7.30. The summed E-state index contributed by atoms with van der Waals surface area (Å²) in [5, 5.41) is 3.34. The van der Waals surface area contributed by atoms with Gasteiger partial charge in [-0.1, -0.05) is 6.92 Å². The molecule has 2 heterocycles. The molecule has 0 bridgehead atoms. The lowest BCUT2D eigenvalue weighted by Gasteiger charge is -2.18. The Labute approximate surface area is 144 Å². The number of carbonyl (C=O) groups is 2. The number of rotatable bonds is 4. The molecule has 0 aromatic carbocycles. The van der Waals surface area contributed by atoms with Gasteiger partial charge in [-0.15, -0.1) is 11.3 Å². The number of carbonyl (C=O) groups excluding carboxylic acids is 2. The van der Waals surface area contributed by atoms with Gasteiger partial charge in [0.15, 0.2) is 0 Å². The van der Waals surface area contributed by atoms with E-state index in [9.17, 15) is 9.59 Å². The molecule has 0 saturated heterocycles. The molecule has 24 heavy (non-hydrogen) atoms. The minimum Gasteiger partial charge on any atom is -0.462 e. The Hall–Kier alpha value is -2.34. The Morgan fingerprint density at radius 1 is 1.42 bits per heavy atom. The number of nitrogens with two attached hydrogens (primary N) is 1. The smallest absolute Gasteiger partial charge is 0.251 e. The maximum absolute atomic E-state index is 12.2. The highest BCUT2D eigenvalue weighted by atomic mass is 32.1. The summed E-state index contributed by atoms with van der Waals surface area (Å²) in [5.41, 5.74) is 7.02. The summed E-state index contributed by atoms with van der Waals surface area (Å²) in [5.74, 6) is 1.19. The van der Waals surface area contributed by atoms with Crippen LogP contribution in [0.15, 0.2) is 22.6 Å². The third-order valence-electron chi connectivity index (χ3n) is 4.15. The van der Waals surface area contributed by atoms with Gasteiger partial charge >= 0.3 is 0 Å². The van der Waals surface area contributed by atoms with E-state index in [4.69, 9.17) is 10.2 Å². The third kappa shape index (κ3) is 3.43. The predicted octanol–water partition coefficient (Wildman–Crippen LogP) is 3.53. The topological polar surface area (TPSA) is 85.3 Å². The number of anilines is 1. The van der Waals surface area contributed by atoms with E-state index >= 15 is 0 Å². The van der Waals surface area contributed by atoms with Crippen molar-refractivity contribution in [3.8, 4) is 0 Å². The Bertz CT molecular complexity index is 816. The lowest BCUT2D eigenvalue weighted by atomic mass is 9.88.